The van der Waals surface area contributed by atoms with Crippen molar-refractivity contribution in [1.82, 2.24) is 14.9 Å². The smallest absolute Gasteiger partial charge is 0.256 e. The number of aliphatic imine (C=N–C) groups is 1. The Hall–Kier alpha value is -3.67. The summed E-state index contributed by atoms with van der Waals surface area (Å²) in [7, 11) is 0. The van der Waals surface area contributed by atoms with E-state index in [1.165, 1.54) is 6.42 Å². The third-order valence-electron chi connectivity index (χ3n) is 7.08. The Labute approximate surface area is 206 Å². The quantitative estimate of drug-likeness (QED) is 0.445. The van der Waals surface area contributed by atoms with E-state index in [0.717, 1.165) is 36.8 Å². The number of ketones is 1. The van der Waals surface area contributed by atoms with E-state index in [1.807, 2.05) is 59.5 Å². The van der Waals surface area contributed by atoms with Crippen LogP contribution in [0.3, 0.4) is 0 Å². The summed E-state index contributed by atoms with van der Waals surface area (Å²) in [5, 5.41) is 0. The van der Waals surface area contributed by atoms with Crippen LogP contribution in [0.1, 0.15) is 60.0 Å². The molecule has 0 N–H and O–H groups in total. The fraction of sp³-hybridized carbons (Fsp3) is 0.345. The second-order valence-corrected chi connectivity index (χ2v) is 9.56. The summed E-state index contributed by atoms with van der Waals surface area (Å²) in [6.45, 7) is 0. The highest BCUT2D eigenvalue weighted by Crippen LogP contribution is 2.36. The number of amidine groups is 1. The van der Waals surface area contributed by atoms with Gasteiger partial charge in [0, 0.05) is 49.2 Å². The summed E-state index contributed by atoms with van der Waals surface area (Å²) >= 11 is 0. The maximum Gasteiger partial charge on any atom is 0.256 e. The molecular formula is C29H30N4O2. The second-order valence-electron chi connectivity index (χ2n) is 9.56. The van der Waals surface area contributed by atoms with Crippen LogP contribution in [0.15, 0.2) is 84.4 Å². The number of amides is 1. The minimum absolute atomic E-state index is 0.00823. The van der Waals surface area contributed by atoms with Crippen molar-refractivity contribution in [3.05, 3.63) is 96.1 Å². The number of nitrogens with zero attached hydrogens (tertiary/aromatic N) is 4. The molecule has 1 aliphatic carbocycles. The molecule has 3 aromatic rings. The van der Waals surface area contributed by atoms with Crippen LogP contribution in [-0.4, -0.2) is 44.0 Å². The van der Waals surface area contributed by atoms with Crippen LogP contribution in [0, 0.1) is 0 Å². The molecule has 0 bridgehead atoms. The van der Waals surface area contributed by atoms with Crippen molar-refractivity contribution in [1.29, 1.82) is 0 Å². The molecule has 1 amide bonds. The number of aromatic nitrogens is 2. The molecule has 35 heavy (non-hydrogen) atoms. The number of carbonyl (C=O) groups excluding carboxylic acids is 2. The molecule has 0 atom stereocenters. The standard InChI is InChI=1S/C29H30N4O2/c34-26(24-7-3-1-4-8-24)19-27-32-29(20-22-11-15-30-16-12-22,21-23-13-17-31-18-14-23)28(35)33(27)25-9-5-2-6-10-25/h1,3-4,7-8,11-18,25H,2,5-6,9-10,19-21H2. The van der Waals surface area contributed by atoms with Gasteiger partial charge in [-0.3, -0.25) is 29.4 Å². The Morgan fingerprint density at radius 3 is 1.97 bits per heavy atom. The Bertz CT molecular complexity index is 1150. The van der Waals surface area contributed by atoms with Crippen LogP contribution in [-0.2, 0) is 17.6 Å². The van der Waals surface area contributed by atoms with Crippen LogP contribution >= 0.6 is 0 Å². The third-order valence-corrected chi connectivity index (χ3v) is 7.08. The van der Waals surface area contributed by atoms with Crippen molar-refractivity contribution in [2.75, 3.05) is 0 Å². The van der Waals surface area contributed by atoms with E-state index < -0.39 is 5.54 Å². The minimum Gasteiger partial charge on any atom is -0.295 e. The van der Waals surface area contributed by atoms with E-state index in [4.69, 9.17) is 4.99 Å². The topological polar surface area (TPSA) is 75.5 Å². The second kappa shape index (κ2) is 10.3. The van der Waals surface area contributed by atoms with Gasteiger partial charge in [-0.15, -0.1) is 0 Å². The van der Waals surface area contributed by atoms with Crippen molar-refractivity contribution >= 4 is 17.5 Å². The number of Topliss-reactive ketones (excluding diaryl/α,β-unsaturated/α-hetero) is 1. The minimum atomic E-state index is -0.994. The van der Waals surface area contributed by atoms with Crippen molar-refractivity contribution in [2.45, 2.75) is 62.9 Å². The van der Waals surface area contributed by atoms with Gasteiger partial charge in [-0.05, 0) is 48.2 Å². The van der Waals surface area contributed by atoms with Gasteiger partial charge in [0.25, 0.3) is 5.91 Å². The molecule has 0 unspecified atom stereocenters. The normalized spacial score (nSPS) is 17.9. The maximum atomic E-state index is 14.3. The van der Waals surface area contributed by atoms with E-state index in [0.29, 0.717) is 24.2 Å². The van der Waals surface area contributed by atoms with E-state index in [-0.39, 0.29) is 24.2 Å². The molecular weight excluding hydrogens is 436 g/mol. The highest BCUT2D eigenvalue weighted by atomic mass is 16.2. The third kappa shape index (κ3) is 5.06. The first-order chi connectivity index (χ1) is 17.1. The van der Waals surface area contributed by atoms with Gasteiger partial charge in [0.05, 0.1) is 6.42 Å². The van der Waals surface area contributed by atoms with Gasteiger partial charge in [0.15, 0.2) is 5.78 Å². The first-order valence-electron chi connectivity index (χ1n) is 12.4. The Morgan fingerprint density at radius 1 is 0.829 bits per heavy atom. The maximum absolute atomic E-state index is 14.3. The highest BCUT2D eigenvalue weighted by molar-refractivity contribution is 6.17. The SMILES string of the molecule is O=C(CC1=NC(Cc2ccncc2)(Cc2ccncc2)C(=O)N1C1CCCCC1)c1ccccc1. The summed E-state index contributed by atoms with van der Waals surface area (Å²) < 4.78 is 0. The summed E-state index contributed by atoms with van der Waals surface area (Å²) in [6.07, 6.45) is 13.3. The molecule has 178 valence electrons. The van der Waals surface area contributed by atoms with Gasteiger partial charge in [-0.2, -0.15) is 0 Å². The molecule has 6 nitrogen and oxygen atoms in total. The first-order valence-corrected chi connectivity index (χ1v) is 12.4. The molecule has 2 aliphatic rings. The highest BCUT2D eigenvalue weighted by Gasteiger charge is 2.50. The monoisotopic (exact) mass is 466 g/mol. The number of benzene rings is 1. The van der Waals surface area contributed by atoms with Crippen molar-refractivity contribution in [3.8, 4) is 0 Å². The van der Waals surface area contributed by atoms with Crippen LogP contribution in [0.5, 0.6) is 0 Å². The van der Waals surface area contributed by atoms with Gasteiger partial charge in [-0.25, -0.2) is 0 Å². The molecule has 2 aromatic heterocycles. The number of carbonyl (C=O) groups is 2. The number of hydrogen-bond donors (Lipinski definition) is 0. The Morgan fingerprint density at radius 2 is 1.40 bits per heavy atom. The predicted molar refractivity (Wildman–Crippen MR) is 135 cm³/mol. The van der Waals surface area contributed by atoms with Gasteiger partial charge in [-0.1, -0.05) is 49.6 Å². The van der Waals surface area contributed by atoms with E-state index in [9.17, 15) is 9.59 Å². The van der Waals surface area contributed by atoms with Crippen molar-refractivity contribution in [2.24, 2.45) is 4.99 Å². The largest absolute Gasteiger partial charge is 0.295 e. The summed E-state index contributed by atoms with van der Waals surface area (Å²) in [4.78, 5) is 42.9. The van der Waals surface area contributed by atoms with Gasteiger partial charge >= 0.3 is 0 Å². The van der Waals surface area contributed by atoms with Crippen LogP contribution in [0.2, 0.25) is 0 Å². The molecule has 0 saturated heterocycles. The molecule has 1 fully saturated rings. The first kappa shape index (κ1) is 23.1. The fourth-order valence-corrected chi connectivity index (χ4v) is 5.37. The molecule has 0 radical (unpaired) electrons. The lowest BCUT2D eigenvalue weighted by Crippen LogP contribution is -2.50. The van der Waals surface area contributed by atoms with Crippen molar-refractivity contribution in [3.63, 3.8) is 0 Å². The van der Waals surface area contributed by atoms with Gasteiger partial charge in [0.1, 0.15) is 11.4 Å². The van der Waals surface area contributed by atoms with Gasteiger partial charge in [0.2, 0.25) is 0 Å². The van der Waals surface area contributed by atoms with E-state index >= 15 is 0 Å². The molecule has 0 spiro atoms. The summed E-state index contributed by atoms with van der Waals surface area (Å²) in [5.41, 5.74) is 1.66. The number of rotatable bonds is 8. The number of pyridine rings is 2. The fourth-order valence-electron chi connectivity index (χ4n) is 5.37. The van der Waals surface area contributed by atoms with E-state index in [2.05, 4.69) is 9.97 Å². The zero-order valence-electron chi connectivity index (χ0n) is 19.8. The predicted octanol–water partition coefficient (Wildman–Crippen LogP) is 4.85. The average Bonchev–Trinajstić information content (AvgIpc) is 3.16. The average molecular weight is 467 g/mol. The zero-order valence-corrected chi connectivity index (χ0v) is 19.8. The van der Waals surface area contributed by atoms with Gasteiger partial charge < -0.3 is 0 Å². The lowest BCUT2D eigenvalue weighted by molar-refractivity contribution is -0.133. The molecule has 1 aromatic carbocycles. The summed E-state index contributed by atoms with van der Waals surface area (Å²) in [6, 6.07) is 17.1. The molecule has 5 rings (SSSR count). The van der Waals surface area contributed by atoms with Crippen LogP contribution in [0.4, 0.5) is 0 Å². The molecule has 6 heteroatoms. The Kier molecular flexibility index (Phi) is 6.80. The Balaban J connectivity index is 1.55. The molecule has 1 saturated carbocycles. The van der Waals surface area contributed by atoms with Crippen LogP contribution in [0.25, 0.3) is 0 Å². The van der Waals surface area contributed by atoms with Crippen molar-refractivity contribution < 1.29 is 9.59 Å². The zero-order chi connectivity index (χ0) is 24.1. The van der Waals surface area contributed by atoms with E-state index in [1.54, 1.807) is 24.8 Å². The summed E-state index contributed by atoms with van der Waals surface area (Å²) in [5.74, 6) is 0.606. The number of hydrogen-bond acceptors (Lipinski definition) is 5. The lowest BCUT2D eigenvalue weighted by atomic mass is 9.84. The molecule has 3 heterocycles. The lowest BCUT2D eigenvalue weighted by Gasteiger charge is -2.34. The van der Waals surface area contributed by atoms with Crippen LogP contribution < -0.4 is 0 Å². The molecule has 1 aliphatic heterocycles.